The van der Waals surface area contributed by atoms with Gasteiger partial charge in [-0.1, -0.05) is 29.8 Å². The Kier molecular flexibility index (Phi) is 3.92. The Morgan fingerprint density at radius 2 is 1.74 bits per heavy atom. The van der Waals surface area contributed by atoms with Crippen LogP contribution in [-0.4, -0.2) is 18.6 Å². The van der Waals surface area contributed by atoms with Gasteiger partial charge in [0.2, 0.25) is 0 Å². The van der Waals surface area contributed by atoms with Crippen LogP contribution < -0.4 is 4.72 Å². The Morgan fingerprint density at radius 3 is 2.39 bits per heavy atom. The molecule has 0 aliphatic rings. The number of hydrogen-bond acceptors (Lipinski definition) is 3. The summed E-state index contributed by atoms with van der Waals surface area (Å²) in [5.41, 5.74) is 4.09. The molecule has 0 unspecified atom stereocenters. The van der Waals surface area contributed by atoms with Crippen LogP contribution in [0.2, 0.25) is 0 Å². The fourth-order valence-electron chi connectivity index (χ4n) is 2.24. The zero-order chi connectivity index (χ0) is 16.4. The summed E-state index contributed by atoms with van der Waals surface area (Å²) in [6.07, 6.45) is 0. The molecule has 118 valence electrons. The van der Waals surface area contributed by atoms with Gasteiger partial charge >= 0.3 is 0 Å². The fraction of sp³-hybridized carbons (Fsp3) is 0.118. The molecular weight excluding hydrogens is 310 g/mol. The van der Waals surface area contributed by atoms with E-state index in [-0.39, 0.29) is 4.90 Å². The molecule has 3 aromatic rings. The van der Waals surface area contributed by atoms with Gasteiger partial charge < -0.3 is 0 Å². The third-order valence-electron chi connectivity index (χ3n) is 3.45. The molecule has 0 atom stereocenters. The number of sulfonamides is 1. The number of aromatic amines is 1. The molecule has 0 saturated heterocycles. The maximum Gasteiger partial charge on any atom is 0.261 e. The van der Waals surface area contributed by atoms with Gasteiger partial charge in [-0.05, 0) is 44.2 Å². The number of rotatable bonds is 4. The van der Waals surface area contributed by atoms with Crippen LogP contribution in [0.15, 0.2) is 59.5 Å². The van der Waals surface area contributed by atoms with E-state index in [2.05, 4.69) is 14.9 Å². The molecule has 0 bridgehead atoms. The standard InChI is InChI=1S/C17H17N3O2S/c1-12-6-8-16(9-7-12)23(21,22)20-15-5-3-4-14(11-15)17-10-13(2)18-19-17/h3-11,20H,1-2H3,(H,18,19). The van der Waals surface area contributed by atoms with Crippen LogP contribution in [-0.2, 0) is 10.0 Å². The van der Waals surface area contributed by atoms with Crippen molar-refractivity contribution in [1.82, 2.24) is 10.2 Å². The Morgan fingerprint density at radius 1 is 1.00 bits per heavy atom. The number of nitrogens with one attached hydrogen (secondary N) is 2. The van der Waals surface area contributed by atoms with E-state index in [0.717, 1.165) is 22.5 Å². The number of aryl methyl sites for hydroxylation is 2. The van der Waals surface area contributed by atoms with Crippen LogP contribution in [0.5, 0.6) is 0 Å². The molecule has 5 nitrogen and oxygen atoms in total. The van der Waals surface area contributed by atoms with Gasteiger partial charge in [0.1, 0.15) is 0 Å². The second-order valence-corrected chi connectivity index (χ2v) is 7.12. The van der Waals surface area contributed by atoms with Crippen molar-refractivity contribution in [3.05, 3.63) is 65.9 Å². The van der Waals surface area contributed by atoms with Crippen LogP contribution in [0.25, 0.3) is 11.3 Å². The van der Waals surface area contributed by atoms with Crippen LogP contribution >= 0.6 is 0 Å². The summed E-state index contributed by atoms with van der Waals surface area (Å²) >= 11 is 0. The van der Waals surface area contributed by atoms with Gasteiger partial charge in [0.05, 0.1) is 10.6 Å². The zero-order valence-electron chi connectivity index (χ0n) is 12.9. The molecule has 0 amide bonds. The number of anilines is 1. The van der Waals surface area contributed by atoms with E-state index in [1.165, 1.54) is 0 Å². The molecule has 0 radical (unpaired) electrons. The normalized spacial score (nSPS) is 11.4. The molecule has 0 spiro atoms. The van der Waals surface area contributed by atoms with Crippen molar-refractivity contribution < 1.29 is 8.42 Å². The molecule has 2 aromatic carbocycles. The van der Waals surface area contributed by atoms with E-state index >= 15 is 0 Å². The van der Waals surface area contributed by atoms with Gasteiger partial charge in [-0.15, -0.1) is 0 Å². The van der Waals surface area contributed by atoms with E-state index in [1.54, 1.807) is 42.5 Å². The van der Waals surface area contributed by atoms with Crippen molar-refractivity contribution in [2.45, 2.75) is 18.7 Å². The lowest BCUT2D eigenvalue weighted by molar-refractivity contribution is 0.601. The summed E-state index contributed by atoms with van der Waals surface area (Å²) in [5, 5.41) is 7.07. The first-order valence-electron chi connectivity index (χ1n) is 7.16. The average Bonchev–Trinajstić information content (AvgIpc) is 2.94. The maximum absolute atomic E-state index is 12.4. The van der Waals surface area contributed by atoms with E-state index in [4.69, 9.17) is 0 Å². The second-order valence-electron chi connectivity index (χ2n) is 5.44. The Hall–Kier alpha value is -2.60. The van der Waals surface area contributed by atoms with Gasteiger partial charge in [-0.25, -0.2) is 8.42 Å². The van der Waals surface area contributed by atoms with Crippen molar-refractivity contribution in [3.8, 4) is 11.3 Å². The van der Waals surface area contributed by atoms with E-state index in [9.17, 15) is 8.42 Å². The van der Waals surface area contributed by atoms with Crippen molar-refractivity contribution >= 4 is 15.7 Å². The Bertz CT molecular complexity index is 928. The van der Waals surface area contributed by atoms with E-state index in [0.29, 0.717) is 5.69 Å². The third-order valence-corrected chi connectivity index (χ3v) is 4.84. The minimum Gasteiger partial charge on any atom is -0.282 e. The van der Waals surface area contributed by atoms with Gasteiger partial charge in [0.25, 0.3) is 10.0 Å². The highest BCUT2D eigenvalue weighted by atomic mass is 32.2. The molecule has 23 heavy (non-hydrogen) atoms. The Balaban J connectivity index is 1.89. The molecule has 0 fully saturated rings. The summed E-state index contributed by atoms with van der Waals surface area (Å²) in [6, 6.07) is 15.8. The molecule has 0 aliphatic heterocycles. The van der Waals surface area contributed by atoms with Crippen LogP contribution in [0.4, 0.5) is 5.69 Å². The molecule has 0 aliphatic carbocycles. The Labute approximate surface area is 135 Å². The predicted octanol–water partition coefficient (Wildman–Crippen LogP) is 3.49. The lowest BCUT2D eigenvalue weighted by Gasteiger charge is -2.09. The number of hydrogen-bond donors (Lipinski definition) is 2. The van der Waals surface area contributed by atoms with Crippen LogP contribution in [0.3, 0.4) is 0 Å². The number of nitrogens with zero attached hydrogens (tertiary/aromatic N) is 1. The minimum absolute atomic E-state index is 0.240. The topological polar surface area (TPSA) is 74.8 Å². The summed E-state index contributed by atoms with van der Waals surface area (Å²) in [5.74, 6) is 0. The van der Waals surface area contributed by atoms with E-state index < -0.39 is 10.0 Å². The highest BCUT2D eigenvalue weighted by Crippen LogP contribution is 2.23. The van der Waals surface area contributed by atoms with Crippen molar-refractivity contribution in [1.29, 1.82) is 0 Å². The summed E-state index contributed by atoms with van der Waals surface area (Å²) in [6.45, 7) is 3.83. The highest BCUT2D eigenvalue weighted by Gasteiger charge is 2.14. The first-order chi connectivity index (χ1) is 10.9. The van der Waals surface area contributed by atoms with Gasteiger partial charge in [0, 0.05) is 16.9 Å². The molecule has 6 heteroatoms. The number of H-pyrrole nitrogens is 1. The monoisotopic (exact) mass is 327 g/mol. The third kappa shape index (κ3) is 3.43. The van der Waals surface area contributed by atoms with Gasteiger partial charge in [0.15, 0.2) is 0 Å². The molecule has 2 N–H and O–H groups in total. The number of aromatic nitrogens is 2. The van der Waals surface area contributed by atoms with Crippen molar-refractivity contribution in [2.24, 2.45) is 0 Å². The predicted molar refractivity (Wildman–Crippen MR) is 90.7 cm³/mol. The lowest BCUT2D eigenvalue weighted by Crippen LogP contribution is -2.12. The van der Waals surface area contributed by atoms with Crippen LogP contribution in [0, 0.1) is 13.8 Å². The second kappa shape index (κ2) is 5.89. The minimum atomic E-state index is -3.60. The molecule has 1 aromatic heterocycles. The van der Waals surface area contributed by atoms with Gasteiger partial charge in [-0.3, -0.25) is 9.82 Å². The quantitative estimate of drug-likeness (QED) is 0.770. The lowest BCUT2D eigenvalue weighted by atomic mass is 10.1. The van der Waals surface area contributed by atoms with Crippen molar-refractivity contribution in [2.75, 3.05) is 4.72 Å². The summed E-state index contributed by atoms with van der Waals surface area (Å²) < 4.78 is 27.5. The summed E-state index contributed by atoms with van der Waals surface area (Å²) in [7, 11) is -3.60. The SMILES string of the molecule is Cc1ccc(S(=O)(=O)Nc2cccc(-c3cc(C)[nH]n3)c2)cc1. The molecular formula is C17H17N3O2S. The average molecular weight is 327 g/mol. The largest absolute Gasteiger partial charge is 0.282 e. The zero-order valence-corrected chi connectivity index (χ0v) is 13.7. The molecule has 0 saturated carbocycles. The fourth-order valence-corrected chi connectivity index (χ4v) is 3.29. The number of benzene rings is 2. The summed E-state index contributed by atoms with van der Waals surface area (Å²) in [4.78, 5) is 0.240. The molecule has 1 heterocycles. The van der Waals surface area contributed by atoms with Gasteiger partial charge in [-0.2, -0.15) is 5.10 Å². The maximum atomic E-state index is 12.4. The highest BCUT2D eigenvalue weighted by molar-refractivity contribution is 7.92. The molecule has 3 rings (SSSR count). The van der Waals surface area contributed by atoms with Crippen LogP contribution in [0.1, 0.15) is 11.3 Å². The first-order valence-corrected chi connectivity index (χ1v) is 8.64. The smallest absolute Gasteiger partial charge is 0.261 e. The first kappa shape index (κ1) is 15.3. The van der Waals surface area contributed by atoms with E-state index in [1.807, 2.05) is 26.0 Å². The van der Waals surface area contributed by atoms with Crippen molar-refractivity contribution in [3.63, 3.8) is 0 Å².